The second-order valence-electron chi connectivity index (χ2n) is 5.52. The van der Waals surface area contributed by atoms with Crippen LogP contribution in [0.5, 0.6) is 0 Å². The minimum absolute atomic E-state index is 0.149. The first kappa shape index (κ1) is 12.6. The topological polar surface area (TPSA) is 52.9 Å². The van der Waals surface area contributed by atoms with Gasteiger partial charge in [0, 0.05) is 12.0 Å². The van der Waals surface area contributed by atoms with Crippen molar-refractivity contribution >= 4 is 5.91 Å². The fraction of sp³-hybridized carbons (Fsp3) is 0.467. The summed E-state index contributed by atoms with van der Waals surface area (Å²) in [6, 6.07) is 8.17. The van der Waals surface area contributed by atoms with Crippen LogP contribution >= 0.6 is 0 Å². The Morgan fingerprint density at radius 3 is 2.83 bits per heavy atom. The normalized spacial score (nSPS) is 13.8. The van der Waals surface area contributed by atoms with Gasteiger partial charge in [-0.1, -0.05) is 32.0 Å². The van der Waals surface area contributed by atoms with E-state index in [9.17, 15) is 4.79 Å². The Kier molecular flexibility index (Phi) is 3.38. The van der Waals surface area contributed by atoms with E-state index in [-0.39, 0.29) is 5.41 Å². The molecule has 1 aromatic rings. The van der Waals surface area contributed by atoms with Crippen molar-refractivity contribution in [2.24, 2.45) is 0 Å². The van der Waals surface area contributed by atoms with Crippen LogP contribution in [0.3, 0.4) is 0 Å². The molecular weight excluding hydrogens is 224 g/mol. The first-order valence-corrected chi connectivity index (χ1v) is 6.33. The molecule has 0 bridgehead atoms. The lowest BCUT2D eigenvalue weighted by Crippen LogP contribution is -2.36. The van der Waals surface area contributed by atoms with Gasteiger partial charge in [0.15, 0.2) is 6.07 Å². The van der Waals surface area contributed by atoms with Crippen molar-refractivity contribution in [3.8, 4) is 6.07 Å². The fourth-order valence-corrected chi connectivity index (χ4v) is 2.44. The number of rotatable bonds is 3. The Balaban J connectivity index is 2.14. The van der Waals surface area contributed by atoms with E-state index in [1.165, 1.54) is 29.5 Å². The van der Waals surface area contributed by atoms with Gasteiger partial charge in [-0.3, -0.25) is 4.79 Å². The molecule has 3 heteroatoms. The van der Waals surface area contributed by atoms with Crippen LogP contribution < -0.4 is 5.32 Å². The summed E-state index contributed by atoms with van der Waals surface area (Å²) in [6.07, 6.45) is 3.58. The van der Waals surface area contributed by atoms with Crippen molar-refractivity contribution in [1.82, 2.24) is 5.32 Å². The van der Waals surface area contributed by atoms with Crippen LogP contribution in [-0.2, 0) is 23.1 Å². The molecule has 0 heterocycles. The fourth-order valence-electron chi connectivity index (χ4n) is 2.44. The van der Waals surface area contributed by atoms with Crippen molar-refractivity contribution in [3.63, 3.8) is 0 Å². The Hall–Kier alpha value is -1.82. The van der Waals surface area contributed by atoms with Gasteiger partial charge in [0.25, 0.3) is 0 Å². The third-order valence-electron chi connectivity index (χ3n) is 3.67. The molecule has 0 saturated carbocycles. The van der Waals surface area contributed by atoms with Gasteiger partial charge in [-0.15, -0.1) is 0 Å². The molecule has 1 aliphatic rings. The molecule has 2 rings (SSSR count). The van der Waals surface area contributed by atoms with Crippen LogP contribution in [0, 0.1) is 11.3 Å². The summed E-state index contributed by atoms with van der Waals surface area (Å²) in [5, 5.41) is 11.1. The smallest absolute Gasteiger partial charge is 0.322 e. The number of fused-ring (bicyclic) bond motifs is 1. The molecule has 1 N–H and O–H groups in total. The zero-order valence-electron chi connectivity index (χ0n) is 10.9. The predicted octanol–water partition coefficient (Wildman–Crippen LogP) is 2.09. The van der Waals surface area contributed by atoms with E-state index in [2.05, 4.69) is 37.4 Å². The lowest BCUT2D eigenvalue weighted by Gasteiger charge is -2.25. The van der Waals surface area contributed by atoms with E-state index < -0.39 is 5.91 Å². The molecule has 0 saturated heterocycles. The summed E-state index contributed by atoms with van der Waals surface area (Å²) in [6.45, 7) is 4.65. The summed E-state index contributed by atoms with van der Waals surface area (Å²) in [4.78, 5) is 11.0. The molecular formula is C15H18N2O. The highest BCUT2D eigenvalue weighted by atomic mass is 16.1. The summed E-state index contributed by atoms with van der Waals surface area (Å²) >= 11 is 0. The van der Waals surface area contributed by atoms with Crippen molar-refractivity contribution in [1.29, 1.82) is 5.26 Å². The maximum absolute atomic E-state index is 11.0. The number of nitriles is 1. The molecule has 3 nitrogen and oxygen atoms in total. The summed E-state index contributed by atoms with van der Waals surface area (Å²) in [7, 11) is 0. The summed E-state index contributed by atoms with van der Waals surface area (Å²) < 4.78 is 0. The molecule has 1 aromatic carbocycles. The lowest BCUT2D eigenvalue weighted by atomic mass is 9.83. The molecule has 1 amide bonds. The van der Waals surface area contributed by atoms with Crippen LogP contribution in [0.2, 0.25) is 0 Å². The van der Waals surface area contributed by atoms with E-state index in [0.717, 1.165) is 6.42 Å². The maximum atomic E-state index is 11.0. The first-order chi connectivity index (χ1) is 8.53. The maximum Gasteiger partial charge on any atom is 0.322 e. The highest BCUT2D eigenvalue weighted by molar-refractivity contribution is 5.91. The van der Waals surface area contributed by atoms with E-state index in [0.29, 0.717) is 6.54 Å². The Bertz CT molecular complexity index is 512. The van der Waals surface area contributed by atoms with Gasteiger partial charge in [-0.2, -0.15) is 5.26 Å². The van der Waals surface area contributed by atoms with E-state index in [4.69, 9.17) is 5.26 Å². The summed E-state index contributed by atoms with van der Waals surface area (Å²) in [5.41, 5.74) is 3.97. The standard InChI is InChI=1S/C15H18N2O/c1-15(2,10-17-14(18)9-16)13-7-6-11-4-3-5-12(11)8-13/h6-8H,3-5,10H2,1-2H3,(H,17,18). The SMILES string of the molecule is CC(C)(CNC(=O)C#N)c1ccc2c(c1)CCC2. The number of nitrogens with zero attached hydrogens (tertiary/aromatic N) is 1. The average Bonchev–Trinajstić information content (AvgIpc) is 2.83. The first-order valence-electron chi connectivity index (χ1n) is 6.33. The Labute approximate surface area is 108 Å². The number of aryl methyl sites for hydroxylation is 2. The number of amides is 1. The molecule has 0 unspecified atom stereocenters. The van der Waals surface area contributed by atoms with Crippen LogP contribution in [0.15, 0.2) is 18.2 Å². The zero-order chi connectivity index (χ0) is 13.2. The molecule has 0 aliphatic heterocycles. The third kappa shape index (κ3) is 2.53. The number of carbonyl (C=O) groups excluding carboxylic acids is 1. The van der Waals surface area contributed by atoms with Gasteiger partial charge < -0.3 is 5.32 Å². The molecule has 0 radical (unpaired) electrons. The molecule has 18 heavy (non-hydrogen) atoms. The summed E-state index contributed by atoms with van der Waals surface area (Å²) in [5.74, 6) is -0.566. The van der Waals surface area contributed by atoms with E-state index in [1.54, 1.807) is 6.07 Å². The van der Waals surface area contributed by atoms with Crippen LogP contribution in [0.4, 0.5) is 0 Å². The second kappa shape index (κ2) is 4.81. The highest BCUT2D eigenvalue weighted by Gasteiger charge is 2.23. The van der Waals surface area contributed by atoms with Gasteiger partial charge >= 0.3 is 5.91 Å². The molecule has 0 fully saturated rings. The van der Waals surface area contributed by atoms with Crippen molar-refractivity contribution in [2.75, 3.05) is 6.54 Å². The third-order valence-corrected chi connectivity index (χ3v) is 3.67. The minimum Gasteiger partial charge on any atom is -0.343 e. The molecule has 94 valence electrons. The minimum atomic E-state index is -0.566. The van der Waals surface area contributed by atoms with Gasteiger partial charge in [-0.05, 0) is 36.0 Å². The molecule has 0 atom stereocenters. The van der Waals surface area contributed by atoms with Crippen molar-refractivity contribution in [3.05, 3.63) is 34.9 Å². The number of nitrogens with one attached hydrogen (secondary N) is 1. The molecule has 1 aliphatic carbocycles. The number of benzene rings is 1. The largest absolute Gasteiger partial charge is 0.343 e. The monoisotopic (exact) mass is 242 g/mol. The Morgan fingerprint density at radius 1 is 1.39 bits per heavy atom. The second-order valence-corrected chi connectivity index (χ2v) is 5.52. The average molecular weight is 242 g/mol. The quantitative estimate of drug-likeness (QED) is 0.825. The van der Waals surface area contributed by atoms with Crippen molar-refractivity contribution < 1.29 is 4.79 Å². The number of hydrogen-bond donors (Lipinski definition) is 1. The lowest BCUT2D eigenvalue weighted by molar-refractivity contribution is -0.116. The number of carbonyl (C=O) groups is 1. The van der Waals surface area contributed by atoms with Gasteiger partial charge in [0.2, 0.25) is 0 Å². The van der Waals surface area contributed by atoms with Crippen LogP contribution in [0.25, 0.3) is 0 Å². The van der Waals surface area contributed by atoms with Crippen LogP contribution in [0.1, 0.15) is 37.0 Å². The van der Waals surface area contributed by atoms with Gasteiger partial charge in [-0.25, -0.2) is 0 Å². The van der Waals surface area contributed by atoms with Gasteiger partial charge in [0.05, 0.1) is 0 Å². The predicted molar refractivity (Wildman–Crippen MR) is 70.1 cm³/mol. The van der Waals surface area contributed by atoms with Gasteiger partial charge in [0.1, 0.15) is 0 Å². The van der Waals surface area contributed by atoms with E-state index >= 15 is 0 Å². The molecule has 0 spiro atoms. The highest BCUT2D eigenvalue weighted by Crippen LogP contribution is 2.29. The van der Waals surface area contributed by atoms with Crippen LogP contribution in [-0.4, -0.2) is 12.5 Å². The molecule has 0 aromatic heterocycles. The van der Waals surface area contributed by atoms with E-state index in [1.807, 2.05) is 0 Å². The van der Waals surface area contributed by atoms with Crippen molar-refractivity contribution in [2.45, 2.75) is 38.5 Å². The Morgan fingerprint density at radius 2 is 2.11 bits per heavy atom. The zero-order valence-corrected chi connectivity index (χ0v) is 10.9. The number of hydrogen-bond acceptors (Lipinski definition) is 2.